The van der Waals surface area contributed by atoms with E-state index in [0.29, 0.717) is 24.5 Å². The Morgan fingerprint density at radius 3 is 2.15 bits per heavy atom. The molecule has 2 aliphatic heterocycles. The molecule has 3 heterocycles. The number of quaternary nitrogens is 2. The van der Waals surface area contributed by atoms with Crippen molar-refractivity contribution in [2.75, 3.05) is 69.7 Å². The summed E-state index contributed by atoms with van der Waals surface area (Å²) in [5, 5.41) is 42.3. The first-order valence-electron chi connectivity index (χ1n) is 12.4. The molecule has 0 saturated carbocycles. The summed E-state index contributed by atoms with van der Waals surface area (Å²) in [6, 6.07) is 2.18. The van der Waals surface area contributed by atoms with Crippen LogP contribution in [0, 0.1) is 5.82 Å². The van der Waals surface area contributed by atoms with Gasteiger partial charge in [-0.2, -0.15) is 4.65 Å². The normalized spacial score (nSPS) is 22.8. The van der Waals surface area contributed by atoms with E-state index >= 15 is 0 Å². The van der Waals surface area contributed by atoms with Gasteiger partial charge in [0.25, 0.3) is 0 Å². The second-order valence-corrected chi connectivity index (χ2v) is 10.7. The molecule has 3 aromatic rings. The lowest BCUT2D eigenvalue weighted by Gasteiger charge is -2.40. The van der Waals surface area contributed by atoms with Crippen LogP contribution in [-0.4, -0.2) is 107 Å². The lowest BCUT2D eigenvalue weighted by Crippen LogP contribution is -2.59. The molecule has 1 aromatic heterocycles. The van der Waals surface area contributed by atoms with E-state index in [0.717, 1.165) is 0 Å². The van der Waals surface area contributed by atoms with Gasteiger partial charge in [-0.05, 0) is 6.07 Å². The third kappa shape index (κ3) is 3.61. The zero-order valence-corrected chi connectivity index (χ0v) is 21.3. The molecule has 1 unspecified atom stereocenters. The number of amides is 1. The molecule has 39 heavy (non-hydrogen) atoms. The first kappa shape index (κ1) is 25.2. The van der Waals surface area contributed by atoms with Crippen LogP contribution < -0.4 is 9.80 Å². The lowest BCUT2D eigenvalue weighted by atomic mass is 9.79. The molecule has 2 saturated heterocycles. The number of nitrogens with zero attached hydrogens (tertiary/aromatic N) is 4. The molecule has 13 heteroatoms. The zero-order chi connectivity index (χ0) is 28.0. The molecule has 3 aliphatic rings. The van der Waals surface area contributed by atoms with Gasteiger partial charge in [-0.15, -0.1) is 4.65 Å². The summed E-state index contributed by atoms with van der Waals surface area (Å²) in [6.45, 7) is 1.03. The molecule has 0 bridgehead atoms. The number of phenolic OH excluding ortho intramolecular Hbond substituents is 2. The maximum absolute atomic E-state index is 14.5. The molecular formula is C26H27FN4O8+2. The molecule has 0 spiro atoms. The fraction of sp³-hybridized carbons (Fsp3) is 0.346. The Morgan fingerprint density at radius 1 is 0.872 bits per heavy atom. The van der Waals surface area contributed by atoms with Crippen LogP contribution in [0.2, 0.25) is 0 Å². The molecule has 6 rings (SSSR count). The molecule has 4 N–H and O–H groups in total. The maximum atomic E-state index is 14.5. The fourth-order valence-electron chi connectivity index (χ4n) is 5.71. The monoisotopic (exact) mass is 542 g/mol. The lowest BCUT2D eigenvalue weighted by molar-refractivity contribution is -1.09. The van der Waals surface area contributed by atoms with Crippen molar-refractivity contribution in [2.45, 2.75) is 0 Å². The first-order valence-corrected chi connectivity index (χ1v) is 12.4. The SMILES string of the molecule is C[N+]1(O)CCN(c2c3c(c(N4CC[N+](C)(O)C(=O)C4)c4ccoc24)C(=O)c2c(O)cc(F)c(O)c2C3=O)CC1. The number of phenols is 2. The topological polar surface area (TPSA) is 152 Å². The van der Waals surface area contributed by atoms with E-state index in [4.69, 9.17) is 4.42 Å². The van der Waals surface area contributed by atoms with Crippen molar-refractivity contribution in [1.82, 2.24) is 0 Å². The molecule has 2 fully saturated rings. The number of fused-ring (bicyclic) bond motifs is 3. The van der Waals surface area contributed by atoms with E-state index in [9.17, 15) is 39.4 Å². The largest absolute Gasteiger partial charge is 0.507 e. The van der Waals surface area contributed by atoms with Crippen molar-refractivity contribution in [3.63, 3.8) is 0 Å². The van der Waals surface area contributed by atoms with Crippen LogP contribution >= 0.6 is 0 Å². The molecular weight excluding hydrogens is 515 g/mol. The predicted octanol–water partition coefficient (Wildman–Crippen LogP) is 1.60. The van der Waals surface area contributed by atoms with Gasteiger partial charge in [-0.3, -0.25) is 9.59 Å². The Labute approximate surface area is 221 Å². The van der Waals surface area contributed by atoms with E-state index in [1.54, 1.807) is 22.9 Å². The number of ketones is 2. The van der Waals surface area contributed by atoms with E-state index < -0.39 is 50.6 Å². The van der Waals surface area contributed by atoms with Crippen LogP contribution in [0.15, 0.2) is 22.8 Å². The summed E-state index contributed by atoms with van der Waals surface area (Å²) >= 11 is 0. The minimum absolute atomic E-state index is 0.00377. The Kier molecular flexibility index (Phi) is 5.33. The second kappa shape index (κ2) is 8.23. The highest BCUT2D eigenvalue weighted by Gasteiger charge is 2.46. The van der Waals surface area contributed by atoms with Crippen LogP contribution in [0.4, 0.5) is 15.8 Å². The second-order valence-electron chi connectivity index (χ2n) is 10.7. The van der Waals surface area contributed by atoms with Gasteiger partial charge in [-0.1, -0.05) is 0 Å². The minimum atomic E-state index is -1.26. The van der Waals surface area contributed by atoms with Gasteiger partial charge in [-0.25, -0.2) is 19.6 Å². The highest BCUT2D eigenvalue weighted by atomic mass is 19.1. The van der Waals surface area contributed by atoms with Crippen molar-refractivity contribution in [1.29, 1.82) is 0 Å². The average Bonchev–Trinajstić information content (AvgIpc) is 3.35. The third-order valence-electron chi connectivity index (χ3n) is 8.00. The molecule has 1 aliphatic carbocycles. The molecule has 12 nitrogen and oxygen atoms in total. The average molecular weight is 543 g/mol. The summed E-state index contributed by atoms with van der Waals surface area (Å²) in [5.41, 5.74) is -0.779. The number of hydrogen-bond acceptors (Lipinski definition) is 10. The van der Waals surface area contributed by atoms with E-state index in [2.05, 4.69) is 0 Å². The van der Waals surface area contributed by atoms with Gasteiger partial charge in [0, 0.05) is 11.5 Å². The number of furan rings is 1. The first-order chi connectivity index (χ1) is 18.3. The van der Waals surface area contributed by atoms with Crippen molar-refractivity contribution in [3.8, 4) is 11.5 Å². The molecule has 0 radical (unpaired) electrons. The van der Waals surface area contributed by atoms with Crippen LogP contribution in [0.25, 0.3) is 11.0 Å². The third-order valence-corrected chi connectivity index (χ3v) is 8.00. The molecule has 1 amide bonds. The van der Waals surface area contributed by atoms with Crippen LogP contribution in [0.5, 0.6) is 11.5 Å². The quantitative estimate of drug-likeness (QED) is 0.167. The Morgan fingerprint density at radius 2 is 1.49 bits per heavy atom. The molecule has 2 aromatic carbocycles. The van der Waals surface area contributed by atoms with Crippen molar-refractivity contribution in [2.24, 2.45) is 0 Å². The van der Waals surface area contributed by atoms with Gasteiger partial charge >= 0.3 is 5.91 Å². The summed E-state index contributed by atoms with van der Waals surface area (Å²) in [4.78, 5) is 44.3. The number of carbonyl (C=O) groups excluding carboxylic acids is 3. The van der Waals surface area contributed by atoms with Crippen molar-refractivity contribution < 1.29 is 53.1 Å². The number of benzene rings is 2. The number of rotatable bonds is 2. The van der Waals surface area contributed by atoms with Gasteiger partial charge in [0.05, 0.1) is 66.6 Å². The number of carbonyl (C=O) groups is 3. The van der Waals surface area contributed by atoms with Crippen molar-refractivity contribution >= 4 is 39.8 Å². The summed E-state index contributed by atoms with van der Waals surface area (Å²) in [6.07, 6.45) is 1.38. The summed E-state index contributed by atoms with van der Waals surface area (Å²) in [7, 11) is 3.00. The number of likely N-dealkylation sites (N-methyl/N-ethyl adjacent to an activating group) is 2. The Bertz CT molecular complexity index is 1600. The van der Waals surface area contributed by atoms with Gasteiger partial charge < -0.3 is 24.4 Å². The highest BCUT2D eigenvalue weighted by molar-refractivity contribution is 6.36. The Balaban J connectivity index is 1.66. The number of hydrogen-bond donors (Lipinski definition) is 4. The van der Waals surface area contributed by atoms with Gasteiger partial charge in [0.15, 0.2) is 17.1 Å². The summed E-state index contributed by atoms with van der Waals surface area (Å²) < 4.78 is 19.2. The van der Waals surface area contributed by atoms with E-state index in [-0.39, 0.29) is 65.5 Å². The van der Waals surface area contributed by atoms with Gasteiger partial charge in [0.1, 0.15) is 39.0 Å². The Hall–Kier alpha value is -4.04. The number of halogens is 1. The number of aromatic hydroxyl groups is 2. The van der Waals surface area contributed by atoms with Crippen LogP contribution in [0.1, 0.15) is 31.8 Å². The van der Waals surface area contributed by atoms with E-state index in [1.165, 1.54) is 13.3 Å². The maximum Gasteiger partial charge on any atom is 0.364 e. The summed E-state index contributed by atoms with van der Waals surface area (Å²) in [5.74, 6) is -5.37. The van der Waals surface area contributed by atoms with Crippen LogP contribution in [-0.2, 0) is 4.79 Å². The molecule has 1 atom stereocenters. The molecule has 204 valence electrons. The van der Waals surface area contributed by atoms with Crippen molar-refractivity contribution in [3.05, 3.63) is 46.5 Å². The van der Waals surface area contributed by atoms with E-state index in [1.807, 2.05) is 0 Å². The standard InChI is InChI=1S/C26H25FN4O8/c1-30(37)7-4-28(5-8-30)22-19-18(24(35)17-15(32)11-14(27)23(34)20(17)25(19)36)21(13-3-10-39-26(13)22)29-6-9-31(2,38)16(33)12-29/h3,10-11,37-38H,4-9,12H2,1-2H3/p+2. The number of anilines is 2. The number of hydroxylamine groups is 6. The minimum Gasteiger partial charge on any atom is -0.507 e. The smallest absolute Gasteiger partial charge is 0.364 e. The van der Waals surface area contributed by atoms with Gasteiger partial charge in [0.2, 0.25) is 11.6 Å². The van der Waals surface area contributed by atoms with Crippen LogP contribution in [0.3, 0.4) is 0 Å². The highest BCUT2D eigenvalue weighted by Crippen LogP contribution is 2.49. The fourth-order valence-corrected chi connectivity index (χ4v) is 5.71. The predicted molar refractivity (Wildman–Crippen MR) is 133 cm³/mol. The number of piperazine rings is 2. The zero-order valence-electron chi connectivity index (χ0n) is 21.3.